The third-order valence-corrected chi connectivity index (χ3v) is 5.52. The molecule has 0 bridgehead atoms. The Morgan fingerprint density at radius 3 is 3.00 bits per heavy atom. The molecule has 0 saturated carbocycles. The second-order valence-electron chi connectivity index (χ2n) is 6.50. The molecule has 0 unspecified atom stereocenters. The highest BCUT2D eigenvalue weighted by Gasteiger charge is 2.15. The summed E-state index contributed by atoms with van der Waals surface area (Å²) >= 11 is 1.62. The molecule has 0 spiro atoms. The van der Waals surface area contributed by atoms with Crippen molar-refractivity contribution in [3.05, 3.63) is 58.9 Å². The number of rotatable bonds is 5. The minimum Gasteiger partial charge on any atom is -0.352 e. The number of aromatic nitrogens is 2. The van der Waals surface area contributed by atoms with Gasteiger partial charge in [-0.05, 0) is 43.0 Å². The Morgan fingerprint density at radius 2 is 2.24 bits per heavy atom. The van der Waals surface area contributed by atoms with E-state index in [2.05, 4.69) is 27.8 Å². The van der Waals surface area contributed by atoms with Gasteiger partial charge in [-0.25, -0.2) is 4.98 Å². The molecule has 3 heterocycles. The number of carbonyl (C=O) groups excluding carboxylic acids is 1. The van der Waals surface area contributed by atoms with E-state index in [1.165, 1.54) is 18.4 Å². The van der Waals surface area contributed by atoms with Gasteiger partial charge >= 0.3 is 0 Å². The van der Waals surface area contributed by atoms with E-state index in [1.807, 2.05) is 34.3 Å². The first kappa shape index (κ1) is 16.3. The Hall–Kier alpha value is -2.18. The van der Waals surface area contributed by atoms with Gasteiger partial charge in [0.15, 0.2) is 4.96 Å². The fourth-order valence-electron chi connectivity index (χ4n) is 3.35. The van der Waals surface area contributed by atoms with Crippen molar-refractivity contribution in [2.45, 2.75) is 25.2 Å². The van der Waals surface area contributed by atoms with Gasteiger partial charge in [-0.1, -0.05) is 12.1 Å². The SMILES string of the molecule is O=C(NCCc1cn2ccsc2n1)c1ccc([C@H]2CCCNC2)cc1. The van der Waals surface area contributed by atoms with Crippen molar-refractivity contribution in [1.82, 2.24) is 20.0 Å². The minimum atomic E-state index is -0.0191. The summed E-state index contributed by atoms with van der Waals surface area (Å²) in [4.78, 5) is 17.8. The van der Waals surface area contributed by atoms with Gasteiger partial charge in [0.1, 0.15) is 0 Å². The molecule has 0 aliphatic carbocycles. The lowest BCUT2D eigenvalue weighted by atomic mass is 9.91. The number of nitrogens with zero attached hydrogens (tertiary/aromatic N) is 2. The summed E-state index contributed by atoms with van der Waals surface area (Å²) in [7, 11) is 0. The number of fused-ring (bicyclic) bond motifs is 1. The van der Waals surface area contributed by atoms with Crippen LogP contribution < -0.4 is 10.6 Å². The summed E-state index contributed by atoms with van der Waals surface area (Å²) in [5.41, 5.74) is 3.05. The molecule has 1 saturated heterocycles. The summed E-state index contributed by atoms with van der Waals surface area (Å²) in [5, 5.41) is 8.44. The summed E-state index contributed by atoms with van der Waals surface area (Å²) in [6, 6.07) is 8.06. The van der Waals surface area contributed by atoms with E-state index >= 15 is 0 Å². The third kappa shape index (κ3) is 3.75. The largest absolute Gasteiger partial charge is 0.352 e. The molecule has 130 valence electrons. The highest BCUT2D eigenvalue weighted by molar-refractivity contribution is 7.15. The van der Waals surface area contributed by atoms with E-state index in [9.17, 15) is 4.79 Å². The molecular weight excluding hydrogens is 332 g/mol. The van der Waals surface area contributed by atoms with Crippen LogP contribution in [0.5, 0.6) is 0 Å². The molecule has 5 nitrogen and oxygen atoms in total. The number of piperidine rings is 1. The highest BCUT2D eigenvalue weighted by atomic mass is 32.1. The molecule has 1 atom stereocenters. The van der Waals surface area contributed by atoms with E-state index in [0.717, 1.165) is 35.7 Å². The lowest BCUT2D eigenvalue weighted by Gasteiger charge is -2.23. The Morgan fingerprint density at radius 1 is 1.36 bits per heavy atom. The van der Waals surface area contributed by atoms with Crippen LogP contribution >= 0.6 is 11.3 Å². The monoisotopic (exact) mass is 354 g/mol. The standard InChI is InChI=1S/C19H22N4OS/c24-18(21-9-7-17-13-23-10-11-25-19(23)22-17)15-5-3-14(4-6-15)16-2-1-8-20-12-16/h3-6,10-11,13,16,20H,1-2,7-9,12H2,(H,21,24)/t16-/m0/s1. The van der Waals surface area contributed by atoms with Crippen LogP contribution in [0.1, 0.15) is 40.4 Å². The van der Waals surface area contributed by atoms with Gasteiger partial charge in [0, 0.05) is 42.8 Å². The number of hydrogen-bond donors (Lipinski definition) is 2. The zero-order valence-electron chi connectivity index (χ0n) is 14.1. The quantitative estimate of drug-likeness (QED) is 0.741. The lowest BCUT2D eigenvalue weighted by Crippen LogP contribution is -2.28. The predicted octanol–water partition coefficient (Wildman–Crippen LogP) is 2.84. The normalized spacial score (nSPS) is 17.7. The van der Waals surface area contributed by atoms with Crippen LogP contribution in [0.25, 0.3) is 4.96 Å². The van der Waals surface area contributed by atoms with Crippen LogP contribution in [0.3, 0.4) is 0 Å². The summed E-state index contributed by atoms with van der Waals surface area (Å²) in [5.74, 6) is 0.551. The van der Waals surface area contributed by atoms with Crippen LogP contribution in [0.2, 0.25) is 0 Å². The second kappa shape index (κ2) is 7.37. The van der Waals surface area contributed by atoms with Crippen molar-refractivity contribution in [2.24, 2.45) is 0 Å². The number of nitrogens with one attached hydrogen (secondary N) is 2. The van der Waals surface area contributed by atoms with Crippen molar-refractivity contribution in [3.63, 3.8) is 0 Å². The van der Waals surface area contributed by atoms with E-state index < -0.39 is 0 Å². The molecule has 1 aromatic carbocycles. The van der Waals surface area contributed by atoms with Crippen LogP contribution in [0.4, 0.5) is 0 Å². The van der Waals surface area contributed by atoms with Crippen molar-refractivity contribution in [2.75, 3.05) is 19.6 Å². The molecular formula is C19H22N4OS. The number of imidazole rings is 1. The molecule has 2 aromatic heterocycles. The Labute approximate surface area is 151 Å². The van der Waals surface area contributed by atoms with Crippen LogP contribution in [0.15, 0.2) is 42.0 Å². The first-order valence-electron chi connectivity index (χ1n) is 8.79. The fraction of sp³-hybridized carbons (Fsp3) is 0.368. The van der Waals surface area contributed by atoms with Gasteiger partial charge in [-0.3, -0.25) is 9.20 Å². The summed E-state index contributed by atoms with van der Waals surface area (Å²) < 4.78 is 2.01. The topological polar surface area (TPSA) is 58.4 Å². The van der Waals surface area contributed by atoms with Crippen LogP contribution in [-0.4, -0.2) is 34.9 Å². The number of carbonyl (C=O) groups is 1. The van der Waals surface area contributed by atoms with Crippen molar-refractivity contribution in [1.29, 1.82) is 0 Å². The van der Waals surface area contributed by atoms with E-state index in [1.54, 1.807) is 11.3 Å². The molecule has 3 aromatic rings. The zero-order chi connectivity index (χ0) is 17.1. The number of amides is 1. The molecule has 4 rings (SSSR count). The first-order chi connectivity index (χ1) is 12.3. The Kier molecular flexibility index (Phi) is 4.81. The summed E-state index contributed by atoms with van der Waals surface area (Å²) in [6.07, 6.45) is 7.20. The minimum absolute atomic E-state index is 0.0191. The molecule has 25 heavy (non-hydrogen) atoms. The highest BCUT2D eigenvalue weighted by Crippen LogP contribution is 2.23. The zero-order valence-corrected chi connectivity index (χ0v) is 14.9. The second-order valence-corrected chi connectivity index (χ2v) is 7.37. The lowest BCUT2D eigenvalue weighted by molar-refractivity contribution is 0.0954. The van der Waals surface area contributed by atoms with Crippen molar-refractivity contribution < 1.29 is 4.79 Å². The van der Waals surface area contributed by atoms with Gasteiger partial charge in [0.05, 0.1) is 5.69 Å². The average molecular weight is 354 g/mol. The molecule has 1 fully saturated rings. The predicted molar refractivity (Wildman–Crippen MR) is 100 cm³/mol. The number of thiazole rings is 1. The third-order valence-electron chi connectivity index (χ3n) is 4.75. The fourth-order valence-corrected chi connectivity index (χ4v) is 4.06. The Bertz CT molecular complexity index is 817. The van der Waals surface area contributed by atoms with Gasteiger partial charge in [-0.15, -0.1) is 11.3 Å². The molecule has 1 aliphatic heterocycles. The maximum Gasteiger partial charge on any atom is 0.251 e. The van der Waals surface area contributed by atoms with E-state index in [4.69, 9.17) is 0 Å². The van der Waals surface area contributed by atoms with E-state index in [-0.39, 0.29) is 5.91 Å². The Balaban J connectivity index is 1.30. The first-order valence-corrected chi connectivity index (χ1v) is 9.67. The molecule has 1 aliphatic rings. The van der Waals surface area contributed by atoms with Crippen LogP contribution in [0, 0.1) is 0 Å². The summed E-state index contributed by atoms with van der Waals surface area (Å²) in [6.45, 7) is 2.75. The average Bonchev–Trinajstić information content (AvgIpc) is 3.24. The number of hydrogen-bond acceptors (Lipinski definition) is 4. The van der Waals surface area contributed by atoms with E-state index in [0.29, 0.717) is 12.5 Å². The van der Waals surface area contributed by atoms with Gasteiger partial charge in [0.25, 0.3) is 5.91 Å². The molecule has 6 heteroatoms. The number of benzene rings is 1. The van der Waals surface area contributed by atoms with Gasteiger partial charge in [-0.2, -0.15) is 0 Å². The van der Waals surface area contributed by atoms with Crippen molar-refractivity contribution >= 4 is 22.2 Å². The van der Waals surface area contributed by atoms with Gasteiger partial charge < -0.3 is 10.6 Å². The smallest absolute Gasteiger partial charge is 0.251 e. The molecule has 2 N–H and O–H groups in total. The maximum atomic E-state index is 12.3. The van der Waals surface area contributed by atoms with Gasteiger partial charge in [0.2, 0.25) is 0 Å². The molecule has 1 amide bonds. The van der Waals surface area contributed by atoms with Crippen LogP contribution in [-0.2, 0) is 6.42 Å². The van der Waals surface area contributed by atoms with Crippen molar-refractivity contribution in [3.8, 4) is 0 Å². The maximum absolute atomic E-state index is 12.3. The molecule has 0 radical (unpaired) electrons.